The van der Waals surface area contributed by atoms with Crippen molar-refractivity contribution in [1.29, 1.82) is 0 Å². The molecule has 2 rings (SSSR count). The van der Waals surface area contributed by atoms with Gasteiger partial charge in [-0.15, -0.1) is 11.3 Å². The van der Waals surface area contributed by atoms with E-state index in [4.69, 9.17) is 4.74 Å². The molecule has 2 heterocycles. The Balaban J connectivity index is 1.94. The first-order valence-electron chi connectivity index (χ1n) is 6.92. The van der Waals surface area contributed by atoms with E-state index < -0.39 is 6.04 Å². The molecular weight excluding hydrogens is 304 g/mol. The fourth-order valence-corrected chi connectivity index (χ4v) is 2.50. The lowest BCUT2D eigenvalue weighted by atomic mass is 10.3. The highest BCUT2D eigenvalue weighted by Crippen LogP contribution is 2.18. The van der Waals surface area contributed by atoms with Crippen molar-refractivity contribution < 1.29 is 14.3 Å². The van der Waals surface area contributed by atoms with Gasteiger partial charge in [0, 0.05) is 11.6 Å². The van der Waals surface area contributed by atoms with E-state index in [1.807, 2.05) is 13.0 Å². The van der Waals surface area contributed by atoms with Crippen LogP contribution in [0.1, 0.15) is 31.3 Å². The largest absolute Gasteiger partial charge is 0.466 e. The molecule has 0 aliphatic rings. The summed E-state index contributed by atoms with van der Waals surface area (Å²) >= 11 is 1.28. The molecule has 1 unspecified atom stereocenters. The van der Waals surface area contributed by atoms with Gasteiger partial charge in [0.2, 0.25) is 0 Å². The number of anilines is 1. The van der Waals surface area contributed by atoms with Crippen LogP contribution in [0.15, 0.2) is 17.6 Å². The zero-order valence-corrected chi connectivity index (χ0v) is 13.5. The molecular formula is C14H18N4O3S. The number of aryl methyl sites for hydroxylation is 1. The average Bonchev–Trinajstić information content (AvgIpc) is 3.07. The van der Waals surface area contributed by atoms with Gasteiger partial charge < -0.3 is 10.1 Å². The summed E-state index contributed by atoms with van der Waals surface area (Å²) in [6.45, 7) is 5.72. The van der Waals surface area contributed by atoms with Gasteiger partial charge in [0.15, 0.2) is 5.13 Å². The lowest BCUT2D eigenvalue weighted by molar-refractivity contribution is -0.142. The summed E-state index contributed by atoms with van der Waals surface area (Å²) in [6.07, 6.45) is 1.86. The van der Waals surface area contributed by atoms with E-state index in [9.17, 15) is 9.59 Å². The van der Waals surface area contributed by atoms with Crippen molar-refractivity contribution in [2.75, 3.05) is 11.9 Å². The maximum atomic E-state index is 12.2. The van der Waals surface area contributed by atoms with Crippen LogP contribution >= 0.6 is 11.3 Å². The maximum Gasteiger partial charge on any atom is 0.311 e. The Morgan fingerprint density at radius 3 is 2.91 bits per heavy atom. The fraction of sp³-hybridized carbons (Fsp3) is 0.429. The van der Waals surface area contributed by atoms with Crippen LogP contribution in [0.5, 0.6) is 0 Å². The van der Waals surface area contributed by atoms with Crippen LogP contribution < -0.4 is 5.32 Å². The number of aromatic nitrogens is 3. The highest BCUT2D eigenvalue weighted by atomic mass is 32.1. The zero-order chi connectivity index (χ0) is 16.1. The Morgan fingerprint density at radius 2 is 2.27 bits per heavy atom. The normalized spacial score (nSPS) is 12.0. The number of hydrogen-bond acceptors (Lipinski definition) is 6. The number of ether oxygens (including phenoxy) is 1. The van der Waals surface area contributed by atoms with E-state index in [0.29, 0.717) is 17.4 Å². The van der Waals surface area contributed by atoms with E-state index in [-0.39, 0.29) is 18.3 Å². The predicted molar refractivity (Wildman–Crippen MR) is 82.8 cm³/mol. The predicted octanol–water partition coefficient (Wildman–Crippen LogP) is 1.95. The van der Waals surface area contributed by atoms with Crippen molar-refractivity contribution in [2.45, 2.75) is 33.2 Å². The quantitative estimate of drug-likeness (QED) is 0.822. The lowest BCUT2D eigenvalue weighted by Crippen LogP contribution is -2.24. The van der Waals surface area contributed by atoms with Gasteiger partial charge in [-0.3, -0.25) is 14.3 Å². The number of carbonyl (C=O) groups is 2. The minimum atomic E-state index is -0.439. The first-order valence-corrected chi connectivity index (χ1v) is 7.80. The lowest BCUT2D eigenvalue weighted by Gasteiger charge is -2.10. The van der Waals surface area contributed by atoms with Crippen LogP contribution in [0.4, 0.5) is 5.13 Å². The van der Waals surface area contributed by atoms with Gasteiger partial charge in [-0.05, 0) is 26.8 Å². The molecule has 7 nitrogen and oxygen atoms in total. The Bertz CT molecular complexity index is 665. The van der Waals surface area contributed by atoms with E-state index in [2.05, 4.69) is 15.4 Å². The number of thiazole rings is 1. The molecule has 0 fully saturated rings. The van der Waals surface area contributed by atoms with Crippen LogP contribution in [0, 0.1) is 6.92 Å². The summed E-state index contributed by atoms with van der Waals surface area (Å²) in [5, 5.41) is 9.14. The van der Waals surface area contributed by atoms with Gasteiger partial charge in [0.05, 0.1) is 24.4 Å². The van der Waals surface area contributed by atoms with Gasteiger partial charge >= 0.3 is 5.97 Å². The van der Waals surface area contributed by atoms with Crippen molar-refractivity contribution in [2.24, 2.45) is 0 Å². The van der Waals surface area contributed by atoms with Crippen molar-refractivity contribution >= 4 is 28.3 Å². The number of nitrogens with one attached hydrogen (secondary N) is 1. The molecule has 0 aliphatic carbocycles. The van der Waals surface area contributed by atoms with Crippen molar-refractivity contribution in [3.8, 4) is 0 Å². The standard InChI is InChI=1S/C14H18N4O3S/c1-4-21-12(19)7-11-8-22-14(15-11)16-13(20)10(3)18-6-5-9(2)17-18/h5-6,8,10H,4,7H2,1-3H3,(H,15,16,20). The monoisotopic (exact) mass is 322 g/mol. The molecule has 118 valence electrons. The number of carbonyl (C=O) groups excluding carboxylic acids is 2. The van der Waals surface area contributed by atoms with Crippen molar-refractivity contribution in [3.05, 3.63) is 29.0 Å². The smallest absolute Gasteiger partial charge is 0.311 e. The summed E-state index contributed by atoms with van der Waals surface area (Å²) in [7, 11) is 0. The molecule has 0 spiro atoms. The van der Waals surface area contributed by atoms with Gasteiger partial charge in [-0.2, -0.15) is 5.10 Å². The highest BCUT2D eigenvalue weighted by Gasteiger charge is 2.17. The minimum Gasteiger partial charge on any atom is -0.466 e. The van der Waals surface area contributed by atoms with Crippen molar-refractivity contribution in [1.82, 2.24) is 14.8 Å². The van der Waals surface area contributed by atoms with Crippen LogP contribution in [-0.4, -0.2) is 33.2 Å². The van der Waals surface area contributed by atoms with Gasteiger partial charge in [-0.25, -0.2) is 4.98 Å². The molecule has 1 atom stereocenters. The van der Waals surface area contributed by atoms with Gasteiger partial charge in [0.25, 0.3) is 5.91 Å². The molecule has 2 aromatic heterocycles. The third-order valence-corrected chi connectivity index (χ3v) is 3.74. The van der Waals surface area contributed by atoms with E-state index >= 15 is 0 Å². The highest BCUT2D eigenvalue weighted by molar-refractivity contribution is 7.13. The summed E-state index contributed by atoms with van der Waals surface area (Å²) in [5.74, 6) is -0.536. The van der Waals surface area contributed by atoms with Gasteiger partial charge in [-0.1, -0.05) is 0 Å². The van der Waals surface area contributed by atoms with E-state index in [1.165, 1.54) is 11.3 Å². The van der Waals surface area contributed by atoms with Crippen molar-refractivity contribution in [3.63, 3.8) is 0 Å². The summed E-state index contributed by atoms with van der Waals surface area (Å²) < 4.78 is 6.46. The number of nitrogens with zero attached hydrogens (tertiary/aromatic N) is 3. The van der Waals surface area contributed by atoms with Crippen LogP contribution in [-0.2, 0) is 20.7 Å². The third-order valence-electron chi connectivity index (χ3n) is 2.93. The SMILES string of the molecule is CCOC(=O)Cc1csc(NC(=O)C(C)n2ccc(C)n2)n1. The summed E-state index contributed by atoms with van der Waals surface area (Å²) in [4.78, 5) is 27.8. The van der Waals surface area contributed by atoms with Crippen LogP contribution in [0.25, 0.3) is 0 Å². The number of esters is 1. The van der Waals surface area contributed by atoms with E-state index in [1.54, 1.807) is 30.1 Å². The molecule has 1 amide bonds. The summed E-state index contributed by atoms with van der Waals surface area (Å²) in [6, 6.07) is 1.40. The molecule has 0 radical (unpaired) electrons. The van der Waals surface area contributed by atoms with Crippen LogP contribution in [0.2, 0.25) is 0 Å². The first kappa shape index (κ1) is 16.2. The molecule has 0 aliphatic heterocycles. The molecule has 22 heavy (non-hydrogen) atoms. The first-order chi connectivity index (χ1) is 10.5. The number of hydrogen-bond donors (Lipinski definition) is 1. The minimum absolute atomic E-state index is 0.105. The molecule has 0 saturated carbocycles. The molecule has 0 bridgehead atoms. The second-order valence-electron chi connectivity index (χ2n) is 4.73. The zero-order valence-electron chi connectivity index (χ0n) is 12.7. The number of rotatable bonds is 6. The fourth-order valence-electron chi connectivity index (χ4n) is 1.78. The Hall–Kier alpha value is -2.22. The Kier molecular flexibility index (Phi) is 5.26. The molecule has 8 heteroatoms. The molecule has 1 N–H and O–H groups in total. The summed E-state index contributed by atoms with van der Waals surface area (Å²) in [5.41, 5.74) is 1.44. The molecule has 0 aromatic carbocycles. The molecule has 0 saturated heterocycles. The Labute approximate surface area is 132 Å². The van der Waals surface area contributed by atoms with Crippen LogP contribution in [0.3, 0.4) is 0 Å². The maximum absolute atomic E-state index is 12.2. The topological polar surface area (TPSA) is 86.1 Å². The second-order valence-corrected chi connectivity index (χ2v) is 5.59. The second kappa shape index (κ2) is 7.17. The Morgan fingerprint density at radius 1 is 1.50 bits per heavy atom. The molecule has 2 aromatic rings. The van der Waals surface area contributed by atoms with E-state index in [0.717, 1.165) is 5.69 Å². The third kappa shape index (κ3) is 4.14. The number of amides is 1. The van der Waals surface area contributed by atoms with Gasteiger partial charge in [0.1, 0.15) is 6.04 Å². The average molecular weight is 322 g/mol.